The Labute approximate surface area is 121 Å². The molecule has 1 aromatic rings. The van der Waals surface area contributed by atoms with Gasteiger partial charge in [-0.3, -0.25) is 0 Å². The maximum Gasteiger partial charge on any atom is 0.0965 e. The van der Waals surface area contributed by atoms with Crippen molar-refractivity contribution in [3.63, 3.8) is 0 Å². The predicted octanol–water partition coefficient (Wildman–Crippen LogP) is 2.96. The molecular formula is C15H27N3S. The molecule has 1 aliphatic heterocycles. The number of nitrogens with one attached hydrogen (secondary N) is 1. The molecule has 3 nitrogen and oxygen atoms in total. The molecule has 0 amide bonds. The fourth-order valence-corrected chi connectivity index (χ4v) is 3.33. The van der Waals surface area contributed by atoms with Gasteiger partial charge in [-0.2, -0.15) is 0 Å². The van der Waals surface area contributed by atoms with E-state index in [9.17, 15) is 0 Å². The van der Waals surface area contributed by atoms with Gasteiger partial charge in [-0.1, -0.05) is 6.92 Å². The summed E-state index contributed by atoms with van der Waals surface area (Å²) in [6, 6.07) is 0. The van der Waals surface area contributed by atoms with E-state index in [0.717, 1.165) is 19.0 Å². The van der Waals surface area contributed by atoms with E-state index in [-0.39, 0.29) is 5.54 Å². The number of hydrogen-bond donors (Lipinski definition) is 1. The lowest BCUT2D eigenvalue weighted by molar-refractivity contribution is 0.298. The van der Waals surface area contributed by atoms with Crippen molar-refractivity contribution < 1.29 is 0 Å². The zero-order chi connectivity index (χ0) is 13.9. The van der Waals surface area contributed by atoms with Gasteiger partial charge in [-0.15, -0.1) is 11.3 Å². The Morgan fingerprint density at radius 1 is 1.53 bits per heavy atom. The summed E-state index contributed by atoms with van der Waals surface area (Å²) in [7, 11) is 0. The maximum absolute atomic E-state index is 4.43. The van der Waals surface area contributed by atoms with Crippen molar-refractivity contribution in [2.45, 2.75) is 45.6 Å². The van der Waals surface area contributed by atoms with Gasteiger partial charge in [-0.05, 0) is 46.2 Å². The topological polar surface area (TPSA) is 28.2 Å². The van der Waals surface area contributed by atoms with E-state index in [2.05, 4.69) is 48.3 Å². The van der Waals surface area contributed by atoms with E-state index in [4.69, 9.17) is 0 Å². The lowest BCUT2D eigenvalue weighted by Crippen LogP contribution is -2.39. The van der Waals surface area contributed by atoms with Gasteiger partial charge < -0.3 is 10.2 Å². The normalized spacial score (nSPS) is 22.8. The second kappa shape index (κ2) is 6.33. The molecular weight excluding hydrogens is 254 g/mol. The van der Waals surface area contributed by atoms with Crippen LogP contribution in [0.3, 0.4) is 0 Å². The first kappa shape index (κ1) is 14.9. The zero-order valence-electron chi connectivity index (χ0n) is 12.6. The third-order valence-corrected chi connectivity index (χ3v) is 4.70. The monoisotopic (exact) mass is 281 g/mol. The minimum atomic E-state index is 0.238. The van der Waals surface area contributed by atoms with Gasteiger partial charge in [0.2, 0.25) is 0 Å². The molecule has 19 heavy (non-hydrogen) atoms. The Kier molecular flexibility index (Phi) is 4.98. The Bertz CT molecular complexity index is 369. The highest BCUT2D eigenvalue weighted by molar-refractivity contribution is 7.09. The summed E-state index contributed by atoms with van der Waals surface area (Å²) >= 11 is 1.78. The van der Waals surface area contributed by atoms with Crippen LogP contribution in [0.1, 0.15) is 45.0 Å². The minimum absolute atomic E-state index is 0.238. The van der Waals surface area contributed by atoms with Crippen molar-refractivity contribution in [2.75, 3.05) is 26.2 Å². The first-order valence-corrected chi connectivity index (χ1v) is 8.19. The van der Waals surface area contributed by atoms with E-state index in [1.807, 2.05) is 6.20 Å². The van der Waals surface area contributed by atoms with E-state index in [1.165, 1.54) is 24.5 Å². The van der Waals surface area contributed by atoms with Gasteiger partial charge in [0.15, 0.2) is 0 Å². The van der Waals surface area contributed by atoms with Crippen molar-refractivity contribution in [3.8, 4) is 0 Å². The summed E-state index contributed by atoms with van der Waals surface area (Å²) in [6.07, 6.45) is 3.24. The van der Waals surface area contributed by atoms with Gasteiger partial charge in [-0.25, -0.2) is 4.98 Å². The average Bonchev–Trinajstić information content (AvgIpc) is 2.96. The van der Waals surface area contributed by atoms with E-state index in [1.54, 1.807) is 11.3 Å². The van der Waals surface area contributed by atoms with Crippen LogP contribution in [0.2, 0.25) is 0 Å². The summed E-state index contributed by atoms with van der Waals surface area (Å²) in [5.41, 5.74) is 0.238. The summed E-state index contributed by atoms with van der Waals surface area (Å²) in [6.45, 7) is 13.8. The fraction of sp³-hybridized carbons (Fsp3) is 0.800. The Hall–Kier alpha value is -0.450. The second-order valence-corrected chi connectivity index (χ2v) is 7.74. The van der Waals surface area contributed by atoms with Crippen LogP contribution in [0.15, 0.2) is 11.6 Å². The van der Waals surface area contributed by atoms with E-state index in [0.29, 0.717) is 5.92 Å². The average molecular weight is 281 g/mol. The van der Waals surface area contributed by atoms with Crippen LogP contribution < -0.4 is 5.32 Å². The molecule has 0 spiro atoms. The zero-order valence-corrected chi connectivity index (χ0v) is 13.5. The molecule has 0 saturated carbocycles. The number of thiazole rings is 1. The molecule has 1 N–H and O–H groups in total. The van der Waals surface area contributed by atoms with Crippen LogP contribution >= 0.6 is 11.3 Å². The van der Waals surface area contributed by atoms with Crippen LogP contribution in [-0.4, -0.2) is 41.6 Å². The lowest BCUT2D eigenvalue weighted by Gasteiger charge is -2.24. The van der Waals surface area contributed by atoms with Crippen molar-refractivity contribution in [2.24, 2.45) is 5.92 Å². The smallest absolute Gasteiger partial charge is 0.0965 e. The van der Waals surface area contributed by atoms with Crippen molar-refractivity contribution in [1.29, 1.82) is 0 Å². The van der Waals surface area contributed by atoms with Crippen molar-refractivity contribution >= 4 is 11.3 Å². The van der Waals surface area contributed by atoms with Crippen LogP contribution in [0.4, 0.5) is 0 Å². The fourth-order valence-electron chi connectivity index (χ4n) is 2.64. The third kappa shape index (κ3) is 4.86. The second-order valence-electron chi connectivity index (χ2n) is 6.82. The minimum Gasteiger partial charge on any atom is -0.312 e. The molecule has 4 heteroatoms. The van der Waals surface area contributed by atoms with Gasteiger partial charge in [0.05, 0.1) is 5.01 Å². The summed E-state index contributed by atoms with van der Waals surface area (Å²) in [4.78, 5) is 7.02. The standard InChI is InChI=1S/C15H27N3S/c1-12(14-16-6-8-19-14)10-18-7-5-13(11-18)9-17-15(2,3)4/h6,8,12-13,17H,5,7,9-11H2,1-4H3. The largest absolute Gasteiger partial charge is 0.312 e. The number of aromatic nitrogens is 1. The molecule has 0 bridgehead atoms. The molecule has 1 aliphatic rings. The highest BCUT2D eigenvalue weighted by Crippen LogP contribution is 2.23. The number of likely N-dealkylation sites (tertiary alicyclic amines) is 1. The van der Waals surface area contributed by atoms with Gasteiger partial charge in [0, 0.05) is 36.1 Å². The molecule has 108 valence electrons. The molecule has 0 aliphatic carbocycles. The summed E-state index contributed by atoms with van der Waals surface area (Å²) in [5, 5.41) is 6.98. The van der Waals surface area contributed by atoms with Gasteiger partial charge in [0.25, 0.3) is 0 Å². The van der Waals surface area contributed by atoms with Crippen LogP contribution in [0, 0.1) is 5.92 Å². The Morgan fingerprint density at radius 2 is 2.32 bits per heavy atom. The molecule has 1 saturated heterocycles. The molecule has 0 radical (unpaired) electrons. The molecule has 0 aromatic carbocycles. The van der Waals surface area contributed by atoms with Crippen molar-refractivity contribution in [1.82, 2.24) is 15.2 Å². The molecule has 2 unspecified atom stereocenters. The SMILES string of the molecule is CC(CN1CCC(CNC(C)(C)C)C1)c1nccs1. The first-order chi connectivity index (χ1) is 8.94. The van der Waals surface area contributed by atoms with Crippen molar-refractivity contribution in [3.05, 3.63) is 16.6 Å². The predicted molar refractivity (Wildman–Crippen MR) is 82.8 cm³/mol. The molecule has 1 aromatic heterocycles. The highest BCUT2D eigenvalue weighted by atomic mass is 32.1. The molecule has 2 atom stereocenters. The van der Waals surface area contributed by atoms with Crippen LogP contribution in [0.25, 0.3) is 0 Å². The first-order valence-electron chi connectivity index (χ1n) is 7.31. The quantitative estimate of drug-likeness (QED) is 0.899. The molecule has 2 heterocycles. The Morgan fingerprint density at radius 3 is 2.95 bits per heavy atom. The maximum atomic E-state index is 4.43. The van der Waals surface area contributed by atoms with Gasteiger partial charge >= 0.3 is 0 Å². The van der Waals surface area contributed by atoms with Crippen LogP contribution in [-0.2, 0) is 0 Å². The molecule has 1 fully saturated rings. The van der Waals surface area contributed by atoms with Crippen LogP contribution in [0.5, 0.6) is 0 Å². The number of nitrogens with zero attached hydrogens (tertiary/aromatic N) is 2. The number of rotatable bonds is 5. The summed E-state index contributed by atoms with van der Waals surface area (Å²) in [5.74, 6) is 1.37. The summed E-state index contributed by atoms with van der Waals surface area (Å²) < 4.78 is 0. The van der Waals surface area contributed by atoms with E-state index >= 15 is 0 Å². The lowest BCUT2D eigenvalue weighted by atomic mass is 10.1. The van der Waals surface area contributed by atoms with E-state index < -0.39 is 0 Å². The van der Waals surface area contributed by atoms with Gasteiger partial charge in [0.1, 0.15) is 0 Å². The molecule has 2 rings (SSSR count). The number of hydrogen-bond acceptors (Lipinski definition) is 4. The highest BCUT2D eigenvalue weighted by Gasteiger charge is 2.25. The third-order valence-electron chi connectivity index (χ3n) is 3.70. The Balaban J connectivity index is 1.73.